The van der Waals surface area contributed by atoms with Crippen LogP contribution in [0.3, 0.4) is 0 Å². The molecule has 5 heteroatoms. The average Bonchev–Trinajstić information content (AvgIpc) is 3.17. The van der Waals surface area contributed by atoms with Crippen LogP contribution in [-0.4, -0.2) is 11.9 Å². The molecule has 2 aliphatic rings. The summed E-state index contributed by atoms with van der Waals surface area (Å²) in [4.78, 5) is 12.1. The molecule has 2 fully saturated rings. The minimum Gasteiger partial charge on any atom is -0.397 e. The number of nitrogens with one attached hydrogen (secondary N) is 1. The van der Waals surface area contributed by atoms with Crippen molar-refractivity contribution in [3.63, 3.8) is 0 Å². The lowest BCUT2D eigenvalue weighted by atomic mass is 9.75. The summed E-state index contributed by atoms with van der Waals surface area (Å²) in [5, 5.41) is 4.75. The second kappa shape index (κ2) is 5.20. The highest BCUT2D eigenvalue weighted by Crippen LogP contribution is 2.51. The van der Waals surface area contributed by atoms with Crippen LogP contribution in [0, 0.1) is 5.41 Å². The fourth-order valence-corrected chi connectivity index (χ4v) is 4.39. The Morgan fingerprint density at radius 2 is 1.86 bits per heavy atom. The first-order chi connectivity index (χ1) is 9.87. The van der Waals surface area contributed by atoms with E-state index in [-0.39, 0.29) is 0 Å². The average molecular weight is 307 g/mol. The third-order valence-electron chi connectivity index (χ3n) is 4.87. The van der Waals surface area contributed by atoms with Gasteiger partial charge in [-0.2, -0.15) is 0 Å². The number of nitrogens with two attached hydrogens (primary N) is 2. The monoisotopic (exact) mass is 307 g/mol. The van der Waals surface area contributed by atoms with Gasteiger partial charge < -0.3 is 16.8 Å². The van der Waals surface area contributed by atoms with Gasteiger partial charge in [-0.25, -0.2) is 0 Å². The fourth-order valence-electron chi connectivity index (χ4n) is 3.25. The minimum absolute atomic E-state index is 0.405. The van der Waals surface area contributed by atoms with Crippen molar-refractivity contribution >= 4 is 27.9 Å². The summed E-state index contributed by atoms with van der Waals surface area (Å²) in [6.45, 7) is 4.68. The first-order valence-corrected chi connectivity index (χ1v) is 8.67. The Balaban J connectivity index is 1.79. The van der Waals surface area contributed by atoms with Crippen LogP contribution in [0.1, 0.15) is 73.5 Å². The predicted molar refractivity (Wildman–Crippen MR) is 88.9 cm³/mol. The largest absolute Gasteiger partial charge is 0.397 e. The summed E-state index contributed by atoms with van der Waals surface area (Å²) in [6.07, 6.45) is 7.19. The van der Waals surface area contributed by atoms with Crippen LogP contribution in [0.2, 0.25) is 0 Å². The molecule has 0 bridgehead atoms. The van der Waals surface area contributed by atoms with E-state index in [9.17, 15) is 4.79 Å². The van der Waals surface area contributed by atoms with E-state index in [0.29, 0.717) is 27.9 Å². The molecule has 1 aromatic rings. The lowest BCUT2D eigenvalue weighted by Crippen LogP contribution is -2.29. The molecule has 0 radical (unpaired) electrons. The van der Waals surface area contributed by atoms with Gasteiger partial charge in [0.05, 0.1) is 10.7 Å². The number of nitrogen functional groups attached to an aromatic ring is 1. The van der Waals surface area contributed by atoms with Crippen molar-refractivity contribution in [2.45, 2.75) is 64.3 Å². The van der Waals surface area contributed by atoms with Crippen molar-refractivity contribution in [3.8, 4) is 0 Å². The number of carbonyl (C=O) groups is 1. The van der Waals surface area contributed by atoms with Gasteiger partial charge in [0, 0.05) is 11.6 Å². The van der Waals surface area contributed by atoms with E-state index >= 15 is 0 Å². The van der Waals surface area contributed by atoms with Gasteiger partial charge in [0.25, 0.3) is 5.91 Å². The van der Waals surface area contributed by atoms with Crippen LogP contribution in [0.5, 0.6) is 0 Å². The molecule has 0 aliphatic heterocycles. The molecule has 0 saturated heterocycles. The second-order valence-corrected chi connectivity index (χ2v) is 8.33. The molecule has 1 amide bonds. The molecule has 3 rings (SSSR count). The first kappa shape index (κ1) is 14.7. The molecule has 1 aromatic heterocycles. The molecule has 2 aliphatic carbocycles. The molecule has 116 valence electrons. The standard InChI is InChI=1S/C16H25N3OS/c1-16(2)7-5-10(6-8-16)19-15-11(9-3-4-9)12(17)13(21-15)14(18)20/h9-10,19H,3-8,17H2,1-2H3,(H2,18,20). The molecular weight excluding hydrogens is 282 g/mol. The van der Waals surface area contributed by atoms with E-state index < -0.39 is 5.91 Å². The number of rotatable bonds is 4. The predicted octanol–water partition coefficient (Wildman–Crippen LogP) is 3.69. The van der Waals surface area contributed by atoms with Crippen LogP contribution in [0.15, 0.2) is 0 Å². The number of primary amides is 1. The Hall–Kier alpha value is -1.23. The van der Waals surface area contributed by atoms with Crippen molar-refractivity contribution in [2.75, 3.05) is 11.1 Å². The Labute approximate surface area is 130 Å². The van der Waals surface area contributed by atoms with Crippen molar-refractivity contribution in [2.24, 2.45) is 11.1 Å². The Morgan fingerprint density at radius 3 is 2.38 bits per heavy atom. The quantitative estimate of drug-likeness (QED) is 0.793. The lowest BCUT2D eigenvalue weighted by molar-refractivity contribution is 0.100. The Bertz CT molecular complexity index is 550. The molecule has 5 N–H and O–H groups in total. The summed E-state index contributed by atoms with van der Waals surface area (Å²) in [7, 11) is 0. The molecule has 1 heterocycles. The van der Waals surface area contributed by atoms with E-state index in [1.165, 1.54) is 49.9 Å². The highest BCUT2D eigenvalue weighted by Gasteiger charge is 2.34. The molecule has 0 unspecified atom stereocenters. The highest BCUT2D eigenvalue weighted by atomic mass is 32.1. The molecular formula is C16H25N3OS. The van der Waals surface area contributed by atoms with Gasteiger partial charge in [-0.1, -0.05) is 13.8 Å². The third-order valence-corrected chi connectivity index (χ3v) is 6.03. The summed E-state index contributed by atoms with van der Waals surface area (Å²) in [5.74, 6) is 0.120. The van der Waals surface area contributed by atoms with Gasteiger partial charge in [0.2, 0.25) is 0 Å². The SMILES string of the molecule is CC1(C)CCC(Nc2sc(C(N)=O)c(N)c2C2CC2)CC1. The maximum absolute atomic E-state index is 11.5. The molecule has 0 spiro atoms. The lowest BCUT2D eigenvalue weighted by Gasteiger charge is -2.35. The number of hydrogen-bond donors (Lipinski definition) is 3. The summed E-state index contributed by atoms with van der Waals surface area (Å²) < 4.78 is 0. The Morgan fingerprint density at radius 1 is 1.24 bits per heavy atom. The fraction of sp³-hybridized carbons (Fsp3) is 0.688. The van der Waals surface area contributed by atoms with Crippen molar-refractivity contribution < 1.29 is 4.79 Å². The normalized spacial score (nSPS) is 22.2. The van der Waals surface area contributed by atoms with Crippen molar-refractivity contribution in [3.05, 3.63) is 10.4 Å². The van der Waals surface area contributed by atoms with Crippen LogP contribution in [-0.2, 0) is 0 Å². The van der Waals surface area contributed by atoms with E-state index in [0.717, 1.165) is 10.6 Å². The number of thiophene rings is 1. The maximum atomic E-state index is 11.5. The van der Waals surface area contributed by atoms with Crippen LogP contribution >= 0.6 is 11.3 Å². The van der Waals surface area contributed by atoms with Crippen LogP contribution in [0.25, 0.3) is 0 Å². The smallest absolute Gasteiger partial charge is 0.260 e. The first-order valence-electron chi connectivity index (χ1n) is 7.86. The van der Waals surface area contributed by atoms with Crippen molar-refractivity contribution in [1.29, 1.82) is 0 Å². The van der Waals surface area contributed by atoms with Gasteiger partial charge in [-0.05, 0) is 49.9 Å². The van der Waals surface area contributed by atoms with Crippen molar-refractivity contribution in [1.82, 2.24) is 0 Å². The van der Waals surface area contributed by atoms with Gasteiger partial charge >= 0.3 is 0 Å². The summed E-state index contributed by atoms with van der Waals surface area (Å²) >= 11 is 1.45. The Kier molecular flexibility index (Phi) is 3.64. The van der Waals surface area contributed by atoms with Gasteiger partial charge in [0.1, 0.15) is 4.88 Å². The topological polar surface area (TPSA) is 81.1 Å². The highest BCUT2D eigenvalue weighted by molar-refractivity contribution is 7.18. The summed E-state index contributed by atoms with van der Waals surface area (Å²) in [5.41, 5.74) is 13.8. The molecule has 4 nitrogen and oxygen atoms in total. The van der Waals surface area contributed by atoms with E-state index in [1.807, 2.05) is 0 Å². The van der Waals surface area contributed by atoms with Crippen LogP contribution in [0.4, 0.5) is 10.7 Å². The third kappa shape index (κ3) is 3.03. The van der Waals surface area contributed by atoms with E-state index in [2.05, 4.69) is 19.2 Å². The number of hydrogen-bond acceptors (Lipinski definition) is 4. The summed E-state index contributed by atoms with van der Waals surface area (Å²) in [6, 6.07) is 0.495. The van der Waals surface area contributed by atoms with Gasteiger partial charge in [0.15, 0.2) is 0 Å². The van der Waals surface area contributed by atoms with E-state index in [4.69, 9.17) is 11.5 Å². The minimum atomic E-state index is -0.405. The van der Waals surface area contributed by atoms with Gasteiger partial charge in [-0.3, -0.25) is 4.79 Å². The number of carbonyl (C=O) groups excluding carboxylic acids is 1. The number of amides is 1. The zero-order valence-corrected chi connectivity index (χ0v) is 13.7. The maximum Gasteiger partial charge on any atom is 0.260 e. The van der Waals surface area contributed by atoms with E-state index in [1.54, 1.807) is 0 Å². The second-order valence-electron chi connectivity index (χ2n) is 7.31. The molecule has 0 aromatic carbocycles. The molecule has 0 atom stereocenters. The van der Waals surface area contributed by atoms with Gasteiger partial charge in [-0.15, -0.1) is 11.3 Å². The number of anilines is 2. The zero-order valence-electron chi connectivity index (χ0n) is 12.9. The zero-order chi connectivity index (χ0) is 15.2. The molecule has 2 saturated carbocycles. The van der Waals surface area contributed by atoms with Crippen LogP contribution < -0.4 is 16.8 Å². The molecule has 21 heavy (non-hydrogen) atoms.